The number of likely N-dealkylation sites (N-methyl/N-ethyl adjacent to an activating group) is 1. The lowest BCUT2D eigenvalue weighted by Gasteiger charge is -2.21. The number of benzene rings is 1. The van der Waals surface area contributed by atoms with Crippen LogP contribution in [0.1, 0.15) is 34.2 Å². The molecule has 3 rings (SSSR count). The molecule has 1 aromatic carbocycles. The largest absolute Gasteiger partial charge is 0.308 e. The minimum atomic E-state index is -0.0967. The van der Waals surface area contributed by atoms with E-state index in [4.69, 9.17) is 4.98 Å². The molecule has 0 fully saturated rings. The van der Waals surface area contributed by atoms with Crippen LogP contribution >= 0.6 is 23.7 Å². The Labute approximate surface area is 176 Å². The van der Waals surface area contributed by atoms with Crippen LogP contribution in [0.2, 0.25) is 0 Å². The molecule has 3 aromatic rings. The number of carbonyl (C=O) groups excluding carboxylic acids is 1. The van der Waals surface area contributed by atoms with Gasteiger partial charge in [0.1, 0.15) is 0 Å². The van der Waals surface area contributed by atoms with Crippen LogP contribution in [0.25, 0.3) is 10.2 Å². The zero-order valence-electron chi connectivity index (χ0n) is 17.3. The number of rotatable bonds is 6. The number of carbonyl (C=O) groups is 1. The molecule has 0 radical (unpaired) electrons. The maximum atomic E-state index is 13.3. The molecule has 0 saturated heterocycles. The van der Waals surface area contributed by atoms with Crippen LogP contribution in [0.5, 0.6) is 0 Å². The highest BCUT2D eigenvalue weighted by Gasteiger charge is 2.24. The van der Waals surface area contributed by atoms with Gasteiger partial charge in [-0.3, -0.25) is 14.4 Å². The lowest BCUT2D eigenvalue weighted by atomic mass is 10.1. The Morgan fingerprint density at radius 1 is 1.14 bits per heavy atom. The fourth-order valence-corrected chi connectivity index (χ4v) is 4.18. The van der Waals surface area contributed by atoms with Gasteiger partial charge in [0, 0.05) is 25.3 Å². The molecular weight excluding hydrogens is 394 g/mol. The molecule has 0 saturated carbocycles. The molecule has 0 atom stereocenters. The predicted molar refractivity (Wildman–Crippen MR) is 119 cm³/mol. The van der Waals surface area contributed by atoms with Crippen LogP contribution in [-0.2, 0) is 6.54 Å². The Balaban J connectivity index is 0.00000280. The van der Waals surface area contributed by atoms with E-state index < -0.39 is 0 Å². The number of fused-ring (bicyclic) bond motifs is 1. The number of amides is 1. The highest BCUT2D eigenvalue weighted by atomic mass is 35.5. The Kier molecular flexibility index (Phi) is 7.20. The summed E-state index contributed by atoms with van der Waals surface area (Å²) in [5.74, 6) is -0.0967. The van der Waals surface area contributed by atoms with Crippen molar-refractivity contribution in [3.8, 4) is 0 Å². The summed E-state index contributed by atoms with van der Waals surface area (Å²) >= 11 is 1.57. The molecule has 0 aliphatic rings. The van der Waals surface area contributed by atoms with Gasteiger partial charge in [0.2, 0.25) is 0 Å². The van der Waals surface area contributed by atoms with E-state index in [1.165, 1.54) is 11.1 Å². The first-order chi connectivity index (χ1) is 12.8. The number of aryl methyl sites for hydroxylation is 4. The quantitative estimate of drug-likeness (QED) is 0.602. The van der Waals surface area contributed by atoms with Gasteiger partial charge in [-0.2, -0.15) is 5.10 Å². The highest BCUT2D eigenvalue weighted by Crippen LogP contribution is 2.32. The van der Waals surface area contributed by atoms with Gasteiger partial charge < -0.3 is 4.90 Å². The summed E-state index contributed by atoms with van der Waals surface area (Å²) in [5, 5.41) is 5.21. The molecule has 8 heteroatoms. The average molecular weight is 422 g/mol. The molecule has 0 spiro atoms. The average Bonchev–Trinajstić information content (AvgIpc) is 3.18. The summed E-state index contributed by atoms with van der Waals surface area (Å²) in [4.78, 5) is 21.9. The van der Waals surface area contributed by atoms with Gasteiger partial charge in [-0.05, 0) is 65.0 Å². The summed E-state index contributed by atoms with van der Waals surface area (Å²) in [7, 11) is 4.01. The van der Waals surface area contributed by atoms with Crippen molar-refractivity contribution >= 4 is 45.0 Å². The second-order valence-electron chi connectivity index (χ2n) is 7.17. The molecule has 0 bridgehead atoms. The first kappa shape index (κ1) is 22.3. The van der Waals surface area contributed by atoms with Gasteiger partial charge in [-0.25, -0.2) is 4.98 Å². The third-order valence-electron chi connectivity index (χ3n) is 4.56. The van der Waals surface area contributed by atoms with Crippen LogP contribution in [0, 0.1) is 20.8 Å². The predicted octanol–water partition coefficient (Wildman–Crippen LogP) is 4.07. The zero-order valence-corrected chi connectivity index (χ0v) is 18.9. The Hall–Kier alpha value is -1.96. The number of thiazole rings is 1. The molecule has 0 aliphatic carbocycles. The van der Waals surface area contributed by atoms with Gasteiger partial charge in [0.05, 0.1) is 10.2 Å². The van der Waals surface area contributed by atoms with E-state index in [2.05, 4.69) is 36.0 Å². The molecule has 6 nitrogen and oxygen atoms in total. The topological polar surface area (TPSA) is 54.3 Å². The number of anilines is 1. The maximum absolute atomic E-state index is 13.3. The van der Waals surface area contributed by atoms with Gasteiger partial charge in [-0.15, -0.1) is 12.4 Å². The zero-order chi connectivity index (χ0) is 19.7. The van der Waals surface area contributed by atoms with Crippen molar-refractivity contribution in [3.05, 3.63) is 40.7 Å². The number of aromatic nitrogens is 3. The molecule has 2 aromatic heterocycles. The van der Waals surface area contributed by atoms with Crippen LogP contribution in [-0.4, -0.2) is 52.8 Å². The van der Waals surface area contributed by atoms with E-state index in [1.54, 1.807) is 16.2 Å². The molecule has 1 amide bonds. The minimum absolute atomic E-state index is 0. The molecule has 28 heavy (non-hydrogen) atoms. The van der Waals surface area contributed by atoms with E-state index in [1.807, 2.05) is 38.7 Å². The second kappa shape index (κ2) is 9.03. The fourth-order valence-electron chi connectivity index (χ4n) is 3.14. The van der Waals surface area contributed by atoms with Crippen LogP contribution in [0.3, 0.4) is 0 Å². The smallest absolute Gasteiger partial charge is 0.280 e. The number of hydrogen-bond donors (Lipinski definition) is 0. The van der Waals surface area contributed by atoms with Gasteiger partial charge in [0.25, 0.3) is 5.91 Å². The third-order valence-corrected chi connectivity index (χ3v) is 5.79. The van der Waals surface area contributed by atoms with Crippen molar-refractivity contribution in [2.75, 3.05) is 32.1 Å². The first-order valence-electron chi connectivity index (χ1n) is 9.19. The van der Waals surface area contributed by atoms with E-state index in [0.717, 1.165) is 34.1 Å². The monoisotopic (exact) mass is 421 g/mol. The molecule has 0 unspecified atom stereocenters. The van der Waals surface area contributed by atoms with Crippen molar-refractivity contribution in [1.82, 2.24) is 19.7 Å². The van der Waals surface area contributed by atoms with Crippen LogP contribution in [0.15, 0.2) is 18.2 Å². The van der Waals surface area contributed by atoms with E-state index in [0.29, 0.717) is 12.2 Å². The molecule has 2 heterocycles. The summed E-state index contributed by atoms with van der Waals surface area (Å²) < 4.78 is 2.98. The third kappa shape index (κ3) is 4.54. The summed E-state index contributed by atoms with van der Waals surface area (Å²) in [6.45, 7) is 10.2. The lowest BCUT2D eigenvalue weighted by Crippen LogP contribution is -2.37. The molecule has 152 valence electrons. The number of hydrogen-bond acceptors (Lipinski definition) is 5. The standard InChI is InChI=1S/C20H27N5OS.ClH/c1-7-25-15(4)12-17(22-25)19(26)24(9-8-23(5)6)20-21-16-11-13(2)10-14(3)18(16)27-20;/h10-12H,7-9H2,1-6H3;1H. The molecule has 0 N–H and O–H groups in total. The minimum Gasteiger partial charge on any atom is -0.308 e. The second-order valence-corrected chi connectivity index (χ2v) is 8.15. The van der Waals surface area contributed by atoms with Crippen molar-refractivity contribution in [2.45, 2.75) is 34.2 Å². The Bertz CT molecular complexity index is 979. The lowest BCUT2D eigenvalue weighted by molar-refractivity contribution is 0.0979. The molecule has 0 aliphatic heterocycles. The van der Waals surface area contributed by atoms with E-state index >= 15 is 0 Å². The van der Waals surface area contributed by atoms with E-state index in [9.17, 15) is 4.79 Å². The normalized spacial score (nSPS) is 11.1. The Morgan fingerprint density at radius 3 is 2.46 bits per heavy atom. The van der Waals surface area contributed by atoms with Crippen LogP contribution < -0.4 is 4.90 Å². The van der Waals surface area contributed by atoms with Crippen LogP contribution in [0.4, 0.5) is 5.13 Å². The maximum Gasteiger partial charge on any atom is 0.280 e. The van der Waals surface area contributed by atoms with Crippen molar-refractivity contribution in [2.24, 2.45) is 0 Å². The van der Waals surface area contributed by atoms with Crippen molar-refractivity contribution in [3.63, 3.8) is 0 Å². The van der Waals surface area contributed by atoms with Crippen molar-refractivity contribution in [1.29, 1.82) is 0 Å². The number of halogens is 1. The summed E-state index contributed by atoms with van der Waals surface area (Å²) in [6.07, 6.45) is 0. The first-order valence-corrected chi connectivity index (χ1v) is 10.0. The van der Waals surface area contributed by atoms with Gasteiger partial charge >= 0.3 is 0 Å². The Morgan fingerprint density at radius 2 is 1.86 bits per heavy atom. The summed E-state index contributed by atoms with van der Waals surface area (Å²) in [6, 6.07) is 6.09. The highest BCUT2D eigenvalue weighted by molar-refractivity contribution is 7.22. The van der Waals surface area contributed by atoms with Gasteiger partial charge in [-0.1, -0.05) is 17.4 Å². The summed E-state index contributed by atoms with van der Waals surface area (Å²) in [5.41, 5.74) is 4.79. The van der Waals surface area contributed by atoms with Crippen molar-refractivity contribution < 1.29 is 4.79 Å². The molecular formula is C20H28ClN5OS. The fraction of sp³-hybridized carbons (Fsp3) is 0.450. The van der Waals surface area contributed by atoms with Gasteiger partial charge in [0.15, 0.2) is 10.8 Å². The SMILES string of the molecule is CCn1nc(C(=O)N(CCN(C)C)c2nc3cc(C)cc(C)c3s2)cc1C.Cl. The number of nitrogens with zero attached hydrogens (tertiary/aromatic N) is 5. The van der Waals surface area contributed by atoms with E-state index in [-0.39, 0.29) is 18.3 Å².